The molecule has 0 saturated heterocycles. The van der Waals surface area contributed by atoms with Crippen LogP contribution in [0.15, 0.2) is 17.5 Å². The molecular weight excluding hydrogens is 224 g/mol. The van der Waals surface area contributed by atoms with Gasteiger partial charge in [-0.15, -0.1) is 11.3 Å². The lowest BCUT2D eigenvalue weighted by molar-refractivity contribution is -0.149. The first-order chi connectivity index (χ1) is 7.69. The number of ether oxygens (including phenoxy) is 1. The highest BCUT2D eigenvalue weighted by Gasteiger charge is 2.44. The maximum absolute atomic E-state index is 12.0. The summed E-state index contributed by atoms with van der Waals surface area (Å²) in [5, 5.41) is 2.34. The van der Waals surface area contributed by atoms with Crippen molar-refractivity contribution in [1.82, 2.24) is 4.98 Å². The first-order valence-electron chi connectivity index (χ1n) is 5.23. The second kappa shape index (κ2) is 4.25. The van der Waals surface area contributed by atoms with E-state index in [-0.39, 0.29) is 5.97 Å². The van der Waals surface area contributed by atoms with Gasteiger partial charge >= 0.3 is 5.97 Å². The summed E-state index contributed by atoms with van der Waals surface area (Å²) in [5.41, 5.74) is 5.71. The summed E-state index contributed by atoms with van der Waals surface area (Å²) in [6.07, 6.45) is 5.28. The van der Waals surface area contributed by atoms with Crippen molar-refractivity contribution in [3.05, 3.63) is 23.2 Å². The number of anilines is 1. The number of rotatable bonds is 3. The molecule has 0 radical (unpaired) electrons. The summed E-state index contributed by atoms with van der Waals surface area (Å²) in [5.74, 6) is -0.203. The van der Waals surface area contributed by atoms with Crippen LogP contribution in [0.4, 0.5) is 5.13 Å². The fraction of sp³-hybridized carbons (Fsp3) is 0.455. The first-order valence-corrected chi connectivity index (χ1v) is 6.11. The number of esters is 1. The maximum atomic E-state index is 12.0. The third kappa shape index (κ3) is 1.71. The fourth-order valence-electron chi connectivity index (χ4n) is 1.91. The molecule has 0 unspecified atom stereocenters. The largest absolute Gasteiger partial charge is 0.465 e. The van der Waals surface area contributed by atoms with Crippen LogP contribution >= 0.6 is 11.3 Å². The molecule has 1 aliphatic rings. The van der Waals surface area contributed by atoms with Gasteiger partial charge in [-0.1, -0.05) is 12.2 Å². The number of hydrogen-bond acceptors (Lipinski definition) is 5. The van der Waals surface area contributed by atoms with Gasteiger partial charge in [0.25, 0.3) is 0 Å². The standard InChI is InChI=1S/C11H14N2O2S/c1-2-15-9(14)11(5-3-4-6-11)8-7-16-10(12)13-8/h3-4,7H,2,5-6H2,1H3,(H2,12,13). The number of nitrogen functional groups attached to an aromatic ring is 1. The zero-order valence-electron chi connectivity index (χ0n) is 9.10. The van der Waals surface area contributed by atoms with E-state index in [0.717, 1.165) is 5.69 Å². The Morgan fingerprint density at radius 1 is 1.62 bits per heavy atom. The van der Waals surface area contributed by atoms with Crippen LogP contribution in [0.2, 0.25) is 0 Å². The van der Waals surface area contributed by atoms with Crippen molar-refractivity contribution < 1.29 is 9.53 Å². The highest BCUT2D eigenvalue weighted by molar-refractivity contribution is 7.13. The Morgan fingerprint density at radius 2 is 2.31 bits per heavy atom. The van der Waals surface area contributed by atoms with Gasteiger partial charge < -0.3 is 10.5 Å². The van der Waals surface area contributed by atoms with E-state index >= 15 is 0 Å². The Hall–Kier alpha value is -1.36. The highest BCUT2D eigenvalue weighted by Crippen LogP contribution is 2.39. The minimum absolute atomic E-state index is 0.203. The molecule has 0 aliphatic heterocycles. The Kier molecular flexibility index (Phi) is 2.96. The topological polar surface area (TPSA) is 65.2 Å². The number of nitrogens with zero attached hydrogens (tertiary/aromatic N) is 1. The van der Waals surface area contributed by atoms with Crippen LogP contribution in [0.1, 0.15) is 25.5 Å². The molecule has 2 N–H and O–H groups in total. The van der Waals surface area contributed by atoms with Crippen LogP contribution in [-0.2, 0) is 14.9 Å². The number of aromatic nitrogens is 1. The second-order valence-electron chi connectivity index (χ2n) is 3.75. The van der Waals surface area contributed by atoms with Crippen LogP contribution in [0.25, 0.3) is 0 Å². The van der Waals surface area contributed by atoms with E-state index in [2.05, 4.69) is 4.98 Å². The van der Waals surface area contributed by atoms with Crippen molar-refractivity contribution in [2.45, 2.75) is 25.2 Å². The smallest absolute Gasteiger partial charge is 0.318 e. The molecule has 1 heterocycles. The number of carbonyl (C=O) groups excluding carboxylic acids is 1. The number of allylic oxidation sites excluding steroid dienone is 2. The third-order valence-electron chi connectivity index (χ3n) is 2.78. The normalized spacial score (nSPS) is 17.6. The van der Waals surface area contributed by atoms with Crippen molar-refractivity contribution in [3.63, 3.8) is 0 Å². The molecule has 2 rings (SSSR count). The minimum Gasteiger partial charge on any atom is -0.465 e. The number of carbonyl (C=O) groups is 1. The van der Waals surface area contributed by atoms with E-state index in [0.29, 0.717) is 24.6 Å². The first kappa shape index (κ1) is 11.1. The lowest BCUT2D eigenvalue weighted by atomic mass is 9.82. The molecule has 1 aromatic rings. The van der Waals surface area contributed by atoms with Gasteiger partial charge in [-0.25, -0.2) is 4.98 Å². The molecule has 1 aliphatic carbocycles. The summed E-state index contributed by atoms with van der Waals surface area (Å²) in [4.78, 5) is 16.3. The van der Waals surface area contributed by atoms with Crippen LogP contribution in [0.5, 0.6) is 0 Å². The van der Waals surface area contributed by atoms with E-state index < -0.39 is 5.41 Å². The van der Waals surface area contributed by atoms with Crippen molar-refractivity contribution >= 4 is 22.4 Å². The highest BCUT2D eigenvalue weighted by atomic mass is 32.1. The van der Waals surface area contributed by atoms with Gasteiger partial charge in [0, 0.05) is 5.38 Å². The van der Waals surface area contributed by atoms with E-state index in [1.54, 1.807) is 0 Å². The fourth-order valence-corrected chi connectivity index (χ4v) is 2.57. The third-order valence-corrected chi connectivity index (χ3v) is 3.45. The second-order valence-corrected chi connectivity index (χ2v) is 4.64. The van der Waals surface area contributed by atoms with Crippen molar-refractivity contribution in [1.29, 1.82) is 0 Å². The SMILES string of the molecule is CCOC(=O)C1(c2csc(N)n2)CC=CC1. The minimum atomic E-state index is -0.635. The number of nitrogens with two attached hydrogens (primary N) is 1. The lowest BCUT2D eigenvalue weighted by Gasteiger charge is -2.24. The molecule has 0 fully saturated rings. The molecule has 4 nitrogen and oxygen atoms in total. The molecule has 0 aromatic carbocycles. The quantitative estimate of drug-likeness (QED) is 0.645. The van der Waals surface area contributed by atoms with Crippen LogP contribution in [-0.4, -0.2) is 17.6 Å². The van der Waals surface area contributed by atoms with Gasteiger partial charge in [-0.3, -0.25) is 4.79 Å². The molecule has 86 valence electrons. The molecular formula is C11H14N2O2S. The monoisotopic (exact) mass is 238 g/mol. The maximum Gasteiger partial charge on any atom is 0.318 e. The zero-order valence-corrected chi connectivity index (χ0v) is 9.92. The average Bonchev–Trinajstić information content (AvgIpc) is 2.86. The summed E-state index contributed by atoms with van der Waals surface area (Å²) in [6.45, 7) is 2.20. The van der Waals surface area contributed by atoms with Crippen LogP contribution < -0.4 is 5.73 Å². The Balaban J connectivity index is 2.32. The number of hydrogen-bond donors (Lipinski definition) is 1. The van der Waals surface area contributed by atoms with Crippen molar-refractivity contribution in [2.75, 3.05) is 12.3 Å². The predicted octanol–water partition coefficient (Wildman–Crippen LogP) is 1.88. The average molecular weight is 238 g/mol. The van der Waals surface area contributed by atoms with Crippen LogP contribution in [0, 0.1) is 0 Å². The van der Waals surface area contributed by atoms with Crippen molar-refractivity contribution in [3.8, 4) is 0 Å². The van der Waals surface area contributed by atoms with Gasteiger partial charge in [-0.2, -0.15) is 0 Å². The Morgan fingerprint density at radius 3 is 2.81 bits per heavy atom. The summed E-state index contributed by atoms with van der Waals surface area (Å²) >= 11 is 1.36. The Labute approximate surface area is 98.1 Å². The number of thiazole rings is 1. The van der Waals surface area contributed by atoms with E-state index in [4.69, 9.17) is 10.5 Å². The lowest BCUT2D eigenvalue weighted by Crippen LogP contribution is -2.35. The van der Waals surface area contributed by atoms with Crippen LogP contribution in [0.3, 0.4) is 0 Å². The summed E-state index contributed by atoms with van der Waals surface area (Å²) in [7, 11) is 0. The molecule has 0 atom stereocenters. The molecule has 5 heteroatoms. The van der Waals surface area contributed by atoms with E-state index in [1.165, 1.54) is 11.3 Å². The Bertz CT molecular complexity index is 417. The summed E-state index contributed by atoms with van der Waals surface area (Å²) < 4.78 is 5.14. The molecule has 0 saturated carbocycles. The van der Waals surface area contributed by atoms with E-state index in [9.17, 15) is 4.79 Å². The van der Waals surface area contributed by atoms with Gasteiger partial charge in [-0.05, 0) is 19.8 Å². The van der Waals surface area contributed by atoms with Gasteiger partial charge in [0.05, 0.1) is 12.3 Å². The van der Waals surface area contributed by atoms with Gasteiger partial charge in [0.15, 0.2) is 5.13 Å². The molecule has 0 spiro atoms. The van der Waals surface area contributed by atoms with Crippen molar-refractivity contribution in [2.24, 2.45) is 0 Å². The van der Waals surface area contributed by atoms with Gasteiger partial charge in [0.1, 0.15) is 5.41 Å². The molecule has 0 bridgehead atoms. The zero-order chi connectivity index (χ0) is 11.6. The molecule has 0 amide bonds. The van der Waals surface area contributed by atoms with E-state index in [1.807, 2.05) is 24.5 Å². The van der Waals surface area contributed by atoms with Gasteiger partial charge in [0.2, 0.25) is 0 Å². The molecule has 1 aromatic heterocycles. The predicted molar refractivity (Wildman–Crippen MR) is 63.2 cm³/mol. The summed E-state index contributed by atoms with van der Waals surface area (Å²) in [6, 6.07) is 0. The molecule has 16 heavy (non-hydrogen) atoms.